The van der Waals surface area contributed by atoms with E-state index in [0.29, 0.717) is 25.9 Å². The van der Waals surface area contributed by atoms with Crippen LogP contribution in [0, 0.1) is 5.92 Å². The fourth-order valence-corrected chi connectivity index (χ4v) is 3.69. The van der Waals surface area contributed by atoms with E-state index < -0.39 is 5.97 Å². The molecule has 0 radical (unpaired) electrons. The molecule has 3 rings (SSSR count). The molecule has 142 valence electrons. The zero-order valence-electron chi connectivity index (χ0n) is 15.1. The van der Waals surface area contributed by atoms with E-state index in [1.165, 1.54) is 0 Å². The number of ether oxygens (including phenoxy) is 1. The van der Waals surface area contributed by atoms with E-state index >= 15 is 0 Å². The van der Waals surface area contributed by atoms with Gasteiger partial charge < -0.3 is 25.0 Å². The third-order valence-electron chi connectivity index (χ3n) is 5.29. The number of carbonyl (C=O) groups excluding carboxylic acids is 1. The van der Waals surface area contributed by atoms with Crippen LogP contribution in [0.15, 0.2) is 18.5 Å². The summed E-state index contributed by atoms with van der Waals surface area (Å²) in [6.07, 6.45) is 6.17. The minimum Gasteiger partial charge on any atom is -0.493 e. The van der Waals surface area contributed by atoms with Crippen LogP contribution in [-0.4, -0.2) is 66.3 Å². The van der Waals surface area contributed by atoms with Gasteiger partial charge in [0.05, 0.1) is 24.9 Å². The first-order valence-electron chi connectivity index (χ1n) is 9.09. The number of methoxy groups -OCH3 is 1. The quantitative estimate of drug-likeness (QED) is 0.844. The number of carboxylic acid groups (broad SMARTS) is 1. The second kappa shape index (κ2) is 8.25. The normalized spacial score (nSPS) is 23.4. The zero-order valence-corrected chi connectivity index (χ0v) is 15.1. The molecule has 2 amide bonds. The van der Waals surface area contributed by atoms with Crippen LogP contribution in [0.25, 0.3) is 0 Å². The maximum absolute atomic E-state index is 12.5. The topological polar surface area (TPSA) is 95.0 Å². The molecule has 8 nitrogen and oxygen atoms in total. The molecule has 1 aromatic heterocycles. The molecule has 0 atom stereocenters. The Morgan fingerprint density at radius 3 is 2.50 bits per heavy atom. The number of aliphatic carboxylic acids is 1. The van der Waals surface area contributed by atoms with Gasteiger partial charge in [-0.3, -0.25) is 9.78 Å². The number of rotatable bonds is 4. The number of hydrogen-bond acceptors (Lipinski definition) is 5. The highest BCUT2D eigenvalue weighted by atomic mass is 16.5. The minimum absolute atomic E-state index is 0.0508. The first kappa shape index (κ1) is 18.3. The van der Waals surface area contributed by atoms with Crippen molar-refractivity contribution >= 4 is 17.7 Å². The van der Waals surface area contributed by atoms with Crippen LogP contribution < -0.4 is 15.0 Å². The smallest absolute Gasteiger partial charge is 0.317 e. The van der Waals surface area contributed by atoms with Crippen LogP contribution >= 0.6 is 0 Å². The van der Waals surface area contributed by atoms with Gasteiger partial charge in [-0.05, 0) is 31.7 Å². The molecule has 26 heavy (non-hydrogen) atoms. The molecule has 1 aliphatic heterocycles. The number of pyridine rings is 1. The number of nitrogens with one attached hydrogen (secondary N) is 1. The van der Waals surface area contributed by atoms with Gasteiger partial charge in [-0.2, -0.15) is 0 Å². The number of urea groups is 1. The maximum Gasteiger partial charge on any atom is 0.317 e. The molecule has 1 aromatic rings. The Balaban J connectivity index is 1.47. The standard InChI is InChI=1S/C18H26N4O4/c1-26-16-12-19-7-6-15(16)21-8-10-22(11-9-21)18(25)20-14-4-2-13(3-5-14)17(23)24/h6-7,12-14H,2-5,8-11H2,1H3,(H,20,25)(H,23,24). The summed E-state index contributed by atoms with van der Waals surface area (Å²) in [6.45, 7) is 2.75. The summed E-state index contributed by atoms with van der Waals surface area (Å²) in [5, 5.41) is 12.1. The summed E-state index contributed by atoms with van der Waals surface area (Å²) in [4.78, 5) is 31.6. The third-order valence-corrected chi connectivity index (χ3v) is 5.29. The fraction of sp³-hybridized carbons (Fsp3) is 0.611. The van der Waals surface area contributed by atoms with Crippen molar-refractivity contribution in [3.8, 4) is 5.75 Å². The van der Waals surface area contributed by atoms with Crippen LogP contribution in [0.3, 0.4) is 0 Å². The van der Waals surface area contributed by atoms with Crippen LogP contribution in [-0.2, 0) is 4.79 Å². The number of nitrogens with zero attached hydrogens (tertiary/aromatic N) is 3. The molecule has 1 aliphatic carbocycles. The lowest BCUT2D eigenvalue weighted by Gasteiger charge is -2.37. The number of carbonyl (C=O) groups is 2. The highest BCUT2D eigenvalue weighted by Crippen LogP contribution is 2.28. The Morgan fingerprint density at radius 1 is 1.19 bits per heavy atom. The number of hydrogen-bond donors (Lipinski definition) is 2. The monoisotopic (exact) mass is 362 g/mol. The molecule has 1 saturated carbocycles. The zero-order chi connectivity index (χ0) is 18.5. The summed E-state index contributed by atoms with van der Waals surface area (Å²) in [5.41, 5.74) is 0.995. The summed E-state index contributed by atoms with van der Waals surface area (Å²) in [6, 6.07) is 1.96. The molecular formula is C18H26N4O4. The molecule has 8 heteroatoms. The molecule has 2 heterocycles. The first-order valence-corrected chi connectivity index (χ1v) is 9.09. The molecule has 0 spiro atoms. The van der Waals surface area contributed by atoms with E-state index in [-0.39, 0.29) is 18.0 Å². The van der Waals surface area contributed by atoms with Crippen molar-refractivity contribution in [2.75, 3.05) is 38.2 Å². The fourth-order valence-electron chi connectivity index (χ4n) is 3.69. The summed E-state index contributed by atoms with van der Waals surface area (Å²) >= 11 is 0. The Labute approximate surface area is 153 Å². The van der Waals surface area contributed by atoms with E-state index in [2.05, 4.69) is 15.2 Å². The third kappa shape index (κ3) is 4.17. The molecule has 2 N–H and O–H groups in total. The average molecular weight is 362 g/mol. The van der Waals surface area contributed by atoms with Gasteiger partial charge in [-0.1, -0.05) is 0 Å². The highest BCUT2D eigenvalue weighted by Gasteiger charge is 2.29. The van der Waals surface area contributed by atoms with Crippen LogP contribution in [0.4, 0.5) is 10.5 Å². The first-order chi connectivity index (χ1) is 12.6. The van der Waals surface area contributed by atoms with Gasteiger partial charge in [0, 0.05) is 38.4 Å². The average Bonchev–Trinajstić information content (AvgIpc) is 2.68. The van der Waals surface area contributed by atoms with Gasteiger partial charge >= 0.3 is 12.0 Å². The largest absolute Gasteiger partial charge is 0.493 e. The van der Waals surface area contributed by atoms with E-state index in [9.17, 15) is 9.59 Å². The number of piperazine rings is 1. The van der Waals surface area contributed by atoms with Crippen LogP contribution in [0.1, 0.15) is 25.7 Å². The van der Waals surface area contributed by atoms with E-state index in [1.54, 1.807) is 19.5 Å². The van der Waals surface area contributed by atoms with Gasteiger partial charge in [0.2, 0.25) is 0 Å². The molecule has 2 fully saturated rings. The van der Waals surface area contributed by atoms with Crippen LogP contribution in [0.2, 0.25) is 0 Å². The molecule has 0 aromatic carbocycles. The molecule has 1 saturated heterocycles. The van der Waals surface area contributed by atoms with Gasteiger partial charge in [-0.25, -0.2) is 4.79 Å². The van der Waals surface area contributed by atoms with Crippen molar-refractivity contribution < 1.29 is 19.4 Å². The highest BCUT2D eigenvalue weighted by molar-refractivity contribution is 5.75. The van der Waals surface area contributed by atoms with Gasteiger partial charge in [0.1, 0.15) is 0 Å². The van der Waals surface area contributed by atoms with Crippen molar-refractivity contribution in [3.05, 3.63) is 18.5 Å². The van der Waals surface area contributed by atoms with E-state index in [0.717, 1.165) is 37.4 Å². The number of anilines is 1. The van der Waals surface area contributed by atoms with Gasteiger partial charge in [0.15, 0.2) is 5.75 Å². The number of carboxylic acids is 1. The van der Waals surface area contributed by atoms with Crippen molar-refractivity contribution in [2.24, 2.45) is 5.92 Å². The number of aromatic nitrogens is 1. The molecule has 2 aliphatic rings. The summed E-state index contributed by atoms with van der Waals surface area (Å²) in [5.74, 6) is -0.250. The second-order valence-corrected chi connectivity index (χ2v) is 6.86. The molecule has 0 unspecified atom stereocenters. The van der Waals surface area contributed by atoms with Crippen molar-refractivity contribution in [1.29, 1.82) is 0 Å². The number of amides is 2. The second-order valence-electron chi connectivity index (χ2n) is 6.86. The predicted octanol–water partition coefficient (Wildman–Crippen LogP) is 1.57. The summed E-state index contributed by atoms with van der Waals surface area (Å²) in [7, 11) is 1.63. The Hall–Kier alpha value is -2.51. The van der Waals surface area contributed by atoms with Crippen molar-refractivity contribution in [1.82, 2.24) is 15.2 Å². The predicted molar refractivity (Wildman–Crippen MR) is 96.5 cm³/mol. The Kier molecular flexibility index (Phi) is 5.80. The molecular weight excluding hydrogens is 336 g/mol. The SMILES string of the molecule is COc1cnccc1N1CCN(C(=O)NC2CCC(C(=O)O)CC2)CC1. The van der Waals surface area contributed by atoms with Gasteiger partial charge in [-0.15, -0.1) is 0 Å². The minimum atomic E-state index is -0.725. The summed E-state index contributed by atoms with van der Waals surface area (Å²) < 4.78 is 5.36. The van der Waals surface area contributed by atoms with E-state index in [4.69, 9.17) is 9.84 Å². The lowest BCUT2D eigenvalue weighted by atomic mass is 9.86. The Bertz CT molecular complexity index is 638. The molecule has 0 bridgehead atoms. The van der Waals surface area contributed by atoms with Gasteiger partial charge in [0.25, 0.3) is 0 Å². The van der Waals surface area contributed by atoms with E-state index in [1.807, 2.05) is 11.0 Å². The van der Waals surface area contributed by atoms with Crippen molar-refractivity contribution in [2.45, 2.75) is 31.7 Å². The maximum atomic E-state index is 12.5. The van der Waals surface area contributed by atoms with Crippen molar-refractivity contribution in [3.63, 3.8) is 0 Å². The Morgan fingerprint density at radius 2 is 1.88 bits per heavy atom. The lowest BCUT2D eigenvalue weighted by molar-refractivity contribution is -0.142. The lowest BCUT2D eigenvalue weighted by Crippen LogP contribution is -2.54. The van der Waals surface area contributed by atoms with Crippen LogP contribution in [0.5, 0.6) is 5.75 Å².